The first kappa shape index (κ1) is 26.1. The quantitative estimate of drug-likeness (QED) is 0.229. The van der Waals surface area contributed by atoms with E-state index in [4.69, 9.17) is 10.8 Å². The predicted molar refractivity (Wildman–Crippen MR) is 167 cm³/mol. The average molecular weight is 588 g/mol. The number of aromatic nitrogens is 3. The Hall–Kier alpha value is -4.30. The number of ketones is 1. The van der Waals surface area contributed by atoms with Crippen molar-refractivity contribution in [3.05, 3.63) is 82.8 Å². The topological polar surface area (TPSA) is 94.4 Å². The van der Waals surface area contributed by atoms with E-state index in [-0.39, 0.29) is 29.6 Å². The van der Waals surface area contributed by atoms with Crippen molar-refractivity contribution >= 4 is 28.1 Å². The molecule has 3 saturated carbocycles. The van der Waals surface area contributed by atoms with Crippen molar-refractivity contribution in [2.75, 3.05) is 0 Å². The fraction of sp³-hybridized carbons (Fsp3) is 0.361. The first-order valence-electron chi connectivity index (χ1n) is 15.9. The van der Waals surface area contributed by atoms with Gasteiger partial charge in [0.15, 0.2) is 5.78 Å². The Morgan fingerprint density at radius 1 is 1.07 bits per heavy atom. The molecule has 3 fully saturated rings. The number of nitrogens with one attached hydrogen (secondary N) is 1. The highest BCUT2D eigenvalue weighted by Crippen LogP contribution is 2.49. The van der Waals surface area contributed by atoms with Crippen LogP contribution < -0.4 is 11.1 Å². The van der Waals surface area contributed by atoms with Gasteiger partial charge in [0, 0.05) is 58.8 Å². The number of pyridine rings is 1. The minimum absolute atomic E-state index is 0.00904. The van der Waals surface area contributed by atoms with Crippen molar-refractivity contribution in [3.63, 3.8) is 0 Å². The largest absolute Gasteiger partial charge is 0.348 e. The highest BCUT2D eigenvalue weighted by atomic mass is 19.1. The molecule has 5 aromatic rings. The summed E-state index contributed by atoms with van der Waals surface area (Å²) in [5, 5.41) is 8.93. The molecular formula is C36H34FN5O2. The molecule has 0 spiro atoms. The molecule has 2 aromatic carbocycles. The zero-order valence-corrected chi connectivity index (χ0v) is 24.6. The van der Waals surface area contributed by atoms with Crippen LogP contribution in [0.5, 0.6) is 0 Å². The number of fused-ring (bicyclic) bond motifs is 5. The van der Waals surface area contributed by atoms with Gasteiger partial charge in [0.05, 0.1) is 5.69 Å². The molecule has 3 unspecified atom stereocenters. The van der Waals surface area contributed by atoms with Gasteiger partial charge in [-0.3, -0.25) is 9.59 Å². The summed E-state index contributed by atoms with van der Waals surface area (Å²) in [6.07, 6.45) is 6.98. The number of amides is 1. The molecule has 3 aromatic heterocycles. The van der Waals surface area contributed by atoms with Gasteiger partial charge in [-0.05, 0) is 104 Å². The van der Waals surface area contributed by atoms with Gasteiger partial charge >= 0.3 is 0 Å². The van der Waals surface area contributed by atoms with Crippen LogP contribution in [-0.2, 0) is 13.1 Å². The Labute approximate surface area is 254 Å². The molecule has 1 amide bonds. The first-order valence-corrected chi connectivity index (χ1v) is 15.9. The van der Waals surface area contributed by atoms with Gasteiger partial charge in [-0.15, -0.1) is 0 Å². The van der Waals surface area contributed by atoms with Crippen LogP contribution in [0.1, 0.15) is 63.9 Å². The summed E-state index contributed by atoms with van der Waals surface area (Å²) in [7, 11) is 0. The Morgan fingerprint density at radius 3 is 2.66 bits per heavy atom. The molecule has 2 bridgehead atoms. The number of halogens is 1. The lowest BCUT2D eigenvalue weighted by Crippen LogP contribution is -2.29. The second-order valence-electron chi connectivity index (χ2n) is 13.5. The van der Waals surface area contributed by atoms with Crippen molar-refractivity contribution in [1.82, 2.24) is 19.5 Å². The summed E-state index contributed by atoms with van der Waals surface area (Å²) in [6, 6.07) is 16.1. The van der Waals surface area contributed by atoms with Gasteiger partial charge in [0.25, 0.3) is 5.91 Å². The van der Waals surface area contributed by atoms with Gasteiger partial charge in [-0.1, -0.05) is 18.2 Å². The maximum absolute atomic E-state index is 15.8. The van der Waals surface area contributed by atoms with Crippen molar-refractivity contribution in [2.24, 2.45) is 29.4 Å². The van der Waals surface area contributed by atoms with Crippen LogP contribution in [0.4, 0.5) is 4.39 Å². The lowest BCUT2D eigenvalue weighted by molar-refractivity contribution is 0.0871. The zero-order valence-electron chi connectivity index (χ0n) is 24.6. The number of benzene rings is 2. The van der Waals surface area contributed by atoms with E-state index in [0.29, 0.717) is 29.5 Å². The molecule has 4 atom stereocenters. The van der Waals surface area contributed by atoms with Crippen LogP contribution in [-0.4, -0.2) is 31.9 Å². The number of rotatable bonds is 6. The lowest BCUT2D eigenvalue weighted by Gasteiger charge is -2.20. The van der Waals surface area contributed by atoms with E-state index in [1.165, 1.54) is 18.9 Å². The highest BCUT2D eigenvalue weighted by Gasteiger charge is 2.49. The minimum atomic E-state index is -0.420. The van der Waals surface area contributed by atoms with Crippen molar-refractivity contribution in [1.29, 1.82) is 0 Å². The third-order valence-electron chi connectivity index (χ3n) is 10.9. The van der Waals surface area contributed by atoms with Crippen molar-refractivity contribution in [2.45, 2.75) is 58.2 Å². The SMILES string of the molecule is Cc1c(-c2cc3ccc(-c4ccc5c(c4)CNC5=O)cc3n2CC2CC2)nn2cc(C(=O)C3CC4CCC3[C@@H]4N)cc(F)c12. The number of hydrogen-bond acceptors (Lipinski definition) is 4. The smallest absolute Gasteiger partial charge is 0.251 e. The van der Waals surface area contributed by atoms with E-state index < -0.39 is 5.82 Å². The monoisotopic (exact) mass is 587 g/mol. The molecule has 9 rings (SSSR count). The van der Waals surface area contributed by atoms with E-state index in [1.807, 2.05) is 19.1 Å². The molecule has 0 saturated heterocycles. The number of carbonyl (C=O) groups excluding carboxylic acids is 2. The molecule has 222 valence electrons. The first-order chi connectivity index (χ1) is 21.3. The van der Waals surface area contributed by atoms with Crippen LogP contribution in [0.2, 0.25) is 0 Å². The van der Waals surface area contributed by atoms with Crippen LogP contribution in [0, 0.1) is 36.4 Å². The number of carbonyl (C=O) groups is 2. The number of hydrogen-bond donors (Lipinski definition) is 2. The van der Waals surface area contributed by atoms with Crippen LogP contribution in [0.25, 0.3) is 38.9 Å². The summed E-state index contributed by atoms with van der Waals surface area (Å²) < 4.78 is 19.7. The number of aryl methyl sites for hydroxylation is 1. The summed E-state index contributed by atoms with van der Waals surface area (Å²) in [5.74, 6) is 0.627. The molecule has 1 aliphatic heterocycles. The Balaban J connectivity index is 1.13. The average Bonchev–Trinajstić information content (AvgIpc) is 3.24. The Morgan fingerprint density at radius 2 is 1.89 bits per heavy atom. The van der Waals surface area contributed by atoms with Crippen molar-refractivity contribution in [3.8, 4) is 22.5 Å². The summed E-state index contributed by atoms with van der Waals surface area (Å²) in [4.78, 5) is 25.7. The summed E-state index contributed by atoms with van der Waals surface area (Å²) in [6.45, 7) is 3.34. The van der Waals surface area contributed by atoms with Gasteiger partial charge in [0.1, 0.15) is 17.0 Å². The molecule has 4 aliphatic rings. The van der Waals surface area contributed by atoms with E-state index in [0.717, 1.165) is 75.9 Å². The summed E-state index contributed by atoms with van der Waals surface area (Å²) in [5.41, 5.74) is 14.7. The summed E-state index contributed by atoms with van der Waals surface area (Å²) >= 11 is 0. The molecule has 44 heavy (non-hydrogen) atoms. The van der Waals surface area contributed by atoms with Crippen LogP contribution in [0.15, 0.2) is 54.7 Å². The minimum Gasteiger partial charge on any atom is -0.348 e. The van der Waals surface area contributed by atoms with Crippen LogP contribution in [0.3, 0.4) is 0 Å². The van der Waals surface area contributed by atoms with Gasteiger partial charge < -0.3 is 15.6 Å². The molecule has 4 heterocycles. The zero-order chi connectivity index (χ0) is 29.9. The molecule has 3 aliphatic carbocycles. The second kappa shape index (κ2) is 9.35. The fourth-order valence-electron chi connectivity index (χ4n) is 8.35. The third kappa shape index (κ3) is 3.86. The van der Waals surface area contributed by atoms with Gasteiger partial charge in [-0.2, -0.15) is 5.10 Å². The van der Waals surface area contributed by atoms with E-state index in [9.17, 15) is 9.59 Å². The Kier molecular flexibility index (Phi) is 5.55. The Bertz CT molecular complexity index is 2050. The molecule has 7 nitrogen and oxygen atoms in total. The predicted octanol–water partition coefficient (Wildman–Crippen LogP) is 6.28. The van der Waals surface area contributed by atoms with Gasteiger partial charge in [0.2, 0.25) is 0 Å². The maximum atomic E-state index is 15.8. The number of nitrogens with zero attached hydrogens (tertiary/aromatic N) is 3. The molecule has 3 N–H and O–H groups in total. The highest BCUT2D eigenvalue weighted by molar-refractivity contribution is 6.00. The molecule has 8 heteroatoms. The molecule has 0 radical (unpaired) electrons. The van der Waals surface area contributed by atoms with E-state index in [1.54, 1.807) is 10.7 Å². The maximum Gasteiger partial charge on any atom is 0.251 e. The van der Waals surface area contributed by atoms with Gasteiger partial charge in [-0.25, -0.2) is 8.91 Å². The third-order valence-corrected chi connectivity index (χ3v) is 10.9. The lowest BCUT2D eigenvalue weighted by atomic mass is 9.83. The normalized spacial score (nSPS) is 24.0. The second-order valence-corrected chi connectivity index (χ2v) is 13.5. The number of nitrogens with two attached hydrogens (primary N) is 1. The molecular weight excluding hydrogens is 553 g/mol. The fourth-order valence-corrected chi connectivity index (χ4v) is 8.35. The number of Topliss-reactive ketones (excluding diaryl/α,β-unsaturated/α-hetero) is 1. The van der Waals surface area contributed by atoms with E-state index >= 15 is 4.39 Å². The standard InChI is InChI=1S/C36H34FN5O2/c1-18-33(40-42-17-25(12-29(37)34(18)42)35(43)28-11-23-7-9-27(28)32(23)38)31-14-22-5-4-21(13-30(22)41(31)16-19-2-3-19)20-6-8-26-24(10-20)15-39-36(26)44/h4-6,8,10,12-14,17,19,23,27-28,32H,2-3,7,9,11,15-16,38H2,1H3,(H,39,44)/t23?,27?,28?,32-/m1/s1. The van der Waals surface area contributed by atoms with Crippen LogP contribution >= 0.6 is 0 Å². The van der Waals surface area contributed by atoms with E-state index in [2.05, 4.69) is 40.2 Å². The van der Waals surface area contributed by atoms with Crippen molar-refractivity contribution < 1.29 is 14.0 Å².